The molecule has 33 heavy (non-hydrogen) atoms. The normalized spacial score (nSPS) is 10.8. The number of carboxylic acids is 1. The Morgan fingerprint density at radius 1 is 0.939 bits per heavy atom. The molecule has 0 fully saturated rings. The van der Waals surface area contributed by atoms with Crippen molar-refractivity contribution >= 4 is 22.9 Å². The topological polar surface area (TPSA) is 71.8 Å². The molecule has 0 aliphatic rings. The molecule has 0 aliphatic carbocycles. The van der Waals surface area contributed by atoms with E-state index in [-0.39, 0.29) is 11.7 Å². The molecular weight excluding hydrogens is 416 g/mol. The summed E-state index contributed by atoms with van der Waals surface area (Å²) in [6.45, 7) is 2.60. The van der Waals surface area contributed by atoms with Crippen LogP contribution < -0.4 is 4.74 Å². The number of aryl methyl sites for hydroxylation is 1. The highest BCUT2D eigenvalue weighted by Crippen LogP contribution is 2.30. The number of nitrogens with zero attached hydrogens (tertiary/aromatic N) is 2. The molecule has 0 atom stereocenters. The number of carbonyl (C=O) groups is 2. The number of hydrogen-bond acceptors (Lipinski definition) is 3. The molecule has 0 spiro atoms. The summed E-state index contributed by atoms with van der Waals surface area (Å²) < 4.78 is 7.20. The van der Waals surface area contributed by atoms with Crippen molar-refractivity contribution in [3.8, 4) is 5.75 Å². The van der Waals surface area contributed by atoms with Gasteiger partial charge in [-0.3, -0.25) is 4.57 Å². The van der Waals surface area contributed by atoms with Gasteiger partial charge >= 0.3 is 12.0 Å². The summed E-state index contributed by atoms with van der Waals surface area (Å²) in [5.74, 6) is -0.520. The quantitative estimate of drug-likeness (QED) is 0.418. The fourth-order valence-electron chi connectivity index (χ4n) is 3.92. The summed E-state index contributed by atoms with van der Waals surface area (Å²) in [5, 5.41) is 10.6. The highest BCUT2D eigenvalue weighted by molar-refractivity contribution is 6.04. The summed E-state index contributed by atoms with van der Waals surface area (Å²) in [5.41, 5.74) is 3.21. The number of carboxylic acid groups (broad SMARTS) is 1. The zero-order chi connectivity index (χ0) is 23.4. The van der Waals surface area contributed by atoms with E-state index in [9.17, 15) is 14.7 Å². The van der Waals surface area contributed by atoms with E-state index in [1.165, 1.54) is 4.57 Å². The van der Waals surface area contributed by atoms with Crippen LogP contribution in [0.1, 0.15) is 27.2 Å². The Balaban J connectivity index is 1.61. The number of ether oxygens (including phenoxy) is 1. The monoisotopic (exact) mass is 442 g/mol. The minimum absolute atomic E-state index is 0.0261. The van der Waals surface area contributed by atoms with Gasteiger partial charge in [-0.15, -0.1) is 0 Å². The molecule has 6 heteroatoms. The van der Waals surface area contributed by atoms with Crippen LogP contribution in [0, 0.1) is 6.92 Å². The van der Waals surface area contributed by atoms with Crippen LogP contribution in [-0.4, -0.2) is 40.2 Å². The molecular formula is C27H26N2O4. The Kier molecular flexibility index (Phi) is 6.45. The van der Waals surface area contributed by atoms with Crippen molar-refractivity contribution in [2.45, 2.75) is 20.0 Å². The molecule has 0 aliphatic heterocycles. The zero-order valence-corrected chi connectivity index (χ0v) is 18.7. The Hall–Kier alpha value is -4.06. The van der Waals surface area contributed by atoms with E-state index in [1.54, 1.807) is 37.1 Å². The maximum absolute atomic E-state index is 13.3. The van der Waals surface area contributed by atoms with Crippen LogP contribution in [0.15, 0.2) is 78.9 Å². The van der Waals surface area contributed by atoms with Crippen LogP contribution in [-0.2, 0) is 13.0 Å². The molecule has 0 saturated carbocycles. The van der Waals surface area contributed by atoms with Gasteiger partial charge in [-0.05, 0) is 48.2 Å². The lowest BCUT2D eigenvalue weighted by atomic mass is 10.1. The number of aromatic nitrogens is 1. The predicted molar refractivity (Wildman–Crippen MR) is 128 cm³/mol. The van der Waals surface area contributed by atoms with Crippen molar-refractivity contribution in [2.75, 3.05) is 13.6 Å². The van der Waals surface area contributed by atoms with Crippen LogP contribution in [0.5, 0.6) is 5.75 Å². The first-order valence-electron chi connectivity index (χ1n) is 10.8. The minimum atomic E-state index is -1.14. The van der Waals surface area contributed by atoms with E-state index in [2.05, 4.69) is 0 Å². The van der Waals surface area contributed by atoms with Gasteiger partial charge in [-0.2, -0.15) is 0 Å². The molecule has 168 valence electrons. The van der Waals surface area contributed by atoms with Crippen LogP contribution in [0.3, 0.4) is 0 Å². The van der Waals surface area contributed by atoms with Crippen molar-refractivity contribution in [1.82, 2.24) is 9.47 Å². The van der Waals surface area contributed by atoms with Gasteiger partial charge in [0.05, 0.1) is 5.52 Å². The smallest absolute Gasteiger partial charge is 0.353 e. The van der Waals surface area contributed by atoms with E-state index < -0.39 is 5.97 Å². The lowest BCUT2D eigenvalue weighted by Gasteiger charge is -2.19. The van der Waals surface area contributed by atoms with Gasteiger partial charge in [0.25, 0.3) is 0 Å². The van der Waals surface area contributed by atoms with Gasteiger partial charge in [0.15, 0.2) is 0 Å². The highest BCUT2D eigenvalue weighted by atomic mass is 16.5. The number of benzene rings is 3. The fourth-order valence-corrected chi connectivity index (χ4v) is 3.92. The number of fused-ring (bicyclic) bond motifs is 1. The van der Waals surface area contributed by atoms with Crippen LogP contribution in [0.25, 0.3) is 10.9 Å². The largest absolute Gasteiger partial charge is 0.489 e. The summed E-state index contributed by atoms with van der Waals surface area (Å²) >= 11 is 0. The average molecular weight is 443 g/mol. The predicted octanol–water partition coefficient (Wildman–Crippen LogP) is 5.37. The van der Waals surface area contributed by atoms with E-state index >= 15 is 0 Å². The van der Waals surface area contributed by atoms with Gasteiger partial charge in [0, 0.05) is 19.0 Å². The Bertz CT molecular complexity index is 1280. The standard InChI is InChI=1S/C27H26N2O4/c1-19-23-17-22(33-18-21-11-7-4-8-12-21)13-14-24(23)29(25(19)26(30)31)27(32)28(2)16-15-20-9-5-3-6-10-20/h3-14,17H,15-16,18H2,1-2H3,(H,30,31). The fraction of sp³-hybridized carbons (Fsp3) is 0.185. The molecule has 1 amide bonds. The summed E-state index contributed by atoms with van der Waals surface area (Å²) in [4.78, 5) is 27.0. The number of likely N-dealkylation sites (N-methyl/N-ethyl adjacent to an activating group) is 1. The van der Waals surface area contributed by atoms with Crippen molar-refractivity contribution in [3.63, 3.8) is 0 Å². The Morgan fingerprint density at radius 3 is 2.21 bits per heavy atom. The molecule has 1 heterocycles. The average Bonchev–Trinajstić information content (AvgIpc) is 3.14. The van der Waals surface area contributed by atoms with E-state index in [0.717, 1.165) is 11.1 Å². The lowest BCUT2D eigenvalue weighted by molar-refractivity contribution is 0.0685. The molecule has 0 bridgehead atoms. The molecule has 0 unspecified atom stereocenters. The van der Waals surface area contributed by atoms with Crippen LogP contribution in [0.4, 0.5) is 4.79 Å². The zero-order valence-electron chi connectivity index (χ0n) is 18.7. The maximum atomic E-state index is 13.3. The first kappa shape index (κ1) is 22.1. The van der Waals surface area contributed by atoms with Gasteiger partial charge < -0.3 is 14.7 Å². The number of hydrogen-bond donors (Lipinski definition) is 1. The van der Waals surface area contributed by atoms with Crippen molar-refractivity contribution < 1.29 is 19.4 Å². The summed E-state index contributed by atoms with van der Waals surface area (Å²) in [7, 11) is 1.69. The molecule has 0 saturated heterocycles. The molecule has 4 rings (SSSR count). The Morgan fingerprint density at radius 2 is 1.58 bits per heavy atom. The van der Waals surface area contributed by atoms with E-state index in [4.69, 9.17) is 4.74 Å². The number of carbonyl (C=O) groups excluding carboxylic acids is 1. The van der Waals surface area contributed by atoms with Gasteiger partial charge in [-0.25, -0.2) is 9.59 Å². The third kappa shape index (κ3) is 4.75. The third-order valence-corrected chi connectivity index (χ3v) is 5.74. The van der Waals surface area contributed by atoms with E-state index in [1.807, 2.05) is 60.7 Å². The van der Waals surface area contributed by atoms with Gasteiger partial charge in [0.1, 0.15) is 18.1 Å². The molecule has 3 aromatic carbocycles. The van der Waals surface area contributed by atoms with Gasteiger partial charge in [-0.1, -0.05) is 60.7 Å². The molecule has 0 radical (unpaired) electrons. The van der Waals surface area contributed by atoms with Crippen molar-refractivity contribution in [2.24, 2.45) is 0 Å². The second-order valence-corrected chi connectivity index (χ2v) is 8.01. The summed E-state index contributed by atoms with van der Waals surface area (Å²) in [6.07, 6.45) is 0.682. The Labute approximate surface area is 192 Å². The number of amides is 1. The SMILES string of the molecule is Cc1c(C(=O)O)n(C(=O)N(C)CCc2ccccc2)c2ccc(OCc3ccccc3)cc12. The maximum Gasteiger partial charge on any atom is 0.353 e. The number of rotatable bonds is 7. The third-order valence-electron chi connectivity index (χ3n) is 5.74. The number of aromatic carboxylic acids is 1. The van der Waals surface area contributed by atoms with Crippen molar-refractivity contribution in [1.29, 1.82) is 0 Å². The highest BCUT2D eigenvalue weighted by Gasteiger charge is 2.26. The van der Waals surface area contributed by atoms with Crippen LogP contribution in [0.2, 0.25) is 0 Å². The second kappa shape index (κ2) is 9.61. The first-order valence-corrected chi connectivity index (χ1v) is 10.8. The van der Waals surface area contributed by atoms with E-state index in [0.29, 0.717) is 41.8 Å². The first-order chi connectivity index (χ1) is 16.0. The lowest BCUT2D eigenvalue weighted by Crippen LogP contribution is -2.34. The minimum Gasteiger partial charge on any atom is -0.489 e. The molecule has 1 N–H and O–H groups in total. The van der Waals surface area contributed by atoms with Crippen molar-refractivity contribution in [3.05, 3.63) is 101 Å². The molecule has 6 nitrogen and oxygen atoms in total. The summed E-state index contributed by atoms with van der Waals surface area (Å²) in [6, 6.07) is 24.6. The molecule has 1 aromatic heterocycles. The second-order valence-electron chi connectivity index (χ2n) is 8.01. The molecule has 4 aromatic rings. The van der Waals surface area contributed by atoms with Gasteiger partial charge in [0.2, 0.25) is 0 Å². The van der Waals surface area contributed by atoms with Crippen LogP contribution >= 0.6 is 0 Å².